The van der Waals surface area contributed by atoms with E-state index in [2.05, 4.69) is 9.93 Å². The van der Waals surface area contributed by atoms with Gasteiger partial charge in [0.05, 0.1) is 16.9 Å². The van der Waals surface area contributed by atoms with E-state index in [1.807, 2.05) is 6.92 Å². The Kier molecular flexibility index (Phi) is 5.78. The molecule has 0 aliphatic carbocycles. The summed E-state index contributed by atoms with van der Waals surface area (Å²) in [5, 5.41) is 3.61. The van der Waals surface area contributed by atoms with Crippen LogP contribution in [0.4, 0.5) is 8.78 Å². The van der Waals surface area contributed by atoms with Crippen LogP contribution >= 0.6 is 11.8 Å². The number of sulfonamides is 1. The number of hydrogen-bond donors (Lipinski definition) is 1. The topological polar surface area (TPSA) is 71.7 Å². The lowest BCUT2D eigenvalue weighted by molar-refractivity contribution is 0.251. The molecule has 2 aromatic rings. The van der Waals surface area contributed by atoms with Gasteiger partial charge in [-0.3, -0.25) is 0 Å². The molecule has 0 aliphatic rings. The first-order valence-electron chi connectivity index (χ1n) is 6.47. The lowest BCUT2D eigenvalue weighted by atomic mass is 10.2. The van der Waals surface area contributed by atoms with Crippen LogP contribution in [0.25, 0.3) is 0 Å². The number of rotatable bonds is 7. The Morgan fingerprint density at radius 3 is 2.61 bits per heavy atom. The number of nitrogens with one attached hydrogen (secondary N) is 1. The van der Waals surface area contributed by atoms with Gasteiger partial charge in [-0.05, 0) is 31.2 Å². The first-order chi connectivity index (χ1) is 10.9. The van der Waals surface area contributed by atoms with Crippen LogP contribution in [0, 0.1) is 6.92 Å². The second kappa shape index (κ2) is 7.60. The summed E-state index contributed by atoms with van der Waals surface area (Å²) in [6.07, 6.45) is 1.17. The Balaban J connectivity index is 1.97. The number of hydrazone groups is 1. The number of benzene rings is 1. The smallest absolute Gasteiger partial charge is 0.284 e. The van der Waals surface area contributed by atoms with Crippen molar-refractivity contribution < 1.29 is 21.6 Å². The van der Waals surface area contributed by atoms with E-state index in [1.165, 1.54) is 30.5 Å². The first kappa shape index (κ1) is 17.5. The molecule has 0 amide bonds. The first-order valence-corrected chi connectivity index (χ1v) is 9.00. The zero-order chi connectivity index (χ0) is 16.9. The van der Waals surface area contributed by atoms with Gasteiger partial charge >= 0.3 is 0 Å². The lowest BCUT2D eigenvalue weighted by Crippen LogP contribution is -2.18. The number of aryl methyl sites for hydroxylation is 1. The fraction of sp³-hybridized carbons (Fsp3) is 0.214. The minimum absolute atomic E-state index is 0.0284. The molecule has 0 radical (unpaired) electrons. The Labute approximate surface area is 136 Å². The molecule has 9 heteroatoms. The molecule has 0 aliphatic heterocycles. The van der Waals surface area contributed by atoms with Gasteiger partial charge in [-0.1, -0.05) is 29.5 Å². The third kappa shape index (κ3) is 5.36. The molecule has 1 N–H and O–H groups in total. The number of nitrogens with zero attached hydrogens (tertiary/aromatic N) is 1. The highest BCUT2D eigenvalue weighted by atomic mass is 32.2. The van der Waals surface area contributed by atoms with Crippen molar-refractivity contribution in [2.24, 2.45) is 5.10 Å². The Hall–Kier alpha value is -1.87. The van der Waals surface area contributed by atoms with Crippen molar-refractivity contribution in [3.8, 4) is 0 Å². The predicted molar refractivity (Wildman–Crippen MR) is 85.1 cm³/mol. The van der Waals surface area contributed by atoms with Crippen LogP contribution in [0.3, 0.4) is 0 Å². The molecule has 1 aromatic heterocycles. The Morgan fingerprint density at radius 2 is 1.96 bits per heavy atom. The van der Waals surface area contributed by atoms with Crippen LogP contribution in [-0.2, 0) is 15.8 Å². The zero-order valence-corrected chi connectivity index (χ0v) is 13.7. The normalized spacial score (nSPS) is 12.2. The maximum Gasteiger partial charge on any atom is 0.284 e. The van der Waals surface area contributed by atoms with Crippen molar-refractivity contribution in [2.75, 3.05) is 0 Å². The third-order valence-corrected chi connectivity index (χ3v) is 4.67. The number of furan rings is 1. The minimum atomic E-state index is -3.75. The van der Waals surface area contributed by atoms with Gasteiger partial charge in [-0.25, -0.2) is 0 Å². The van der Waals surface area contributed by atoms with Gasteiger partial charge in [0.25, 0.3) is 15.8 Å². The summed E-state index contributed by atoms with van der Waals surface area (Å²) >= 11 is 0.441. The molecule has 0 unspecified atom stereocenters. The van der Waals surface area contributed by atoms with Gasteiger partial charge in [0.2, 0.25) is 0 Å². The van der Waals surface area contributed by atoms with E-state index in [4.69, 9.17) is 4.42 Å². The van der Waals surface area contributed by atoms with E-state index >= 15 is 0 Å². The maximum absolute atomic E-state index is 12.1. The van der Waals surface area contributed by atoms with Crippen molar-refractivity contribution >= 4 is 28.0 Å². The fourth-order valence-corrected chi connectivity index (χ4v) is 2.85. The van der Waals surface area contributed by atoms with Crippen LogP contribution < -0.4 is 4.83 Å². The van der Waals surface area contributed by atoms with E-state index < -0.39 is 15.8 Å². The van der Waals surface area contributed by atoms with E-state index in [1.54, 1.807) is 12.1 Å². The minimum Gasteiger partial charge on any atom is -0.459 e. The SMILES string of the molecule is Cc1ccc(S(=O)(=O)N/N=C\c2ccc(CSC(F)F)o2)cc1. The van der Waals surface area contributed by atoms with Crippen LogP contribution in [0.15, 0.2) is 50.8 Å². The van der Waals surface area contributed by atoms with Gasteiger partial charge in [0.1, 0.15) is 11.5 Å². The molecule has 1 aromatic carbocycles. The molecular weight excluding hydrogens is 346 g/mol. The van der Waals surface area contributed by atoms with Gasteiger partial charge in [0.15, 0.2) is 0 Å². The van der Waals surface area contributed by atoms with Crippen LogP contribution in [0.1, 0.15) is 17.1 Å². The molecule has 124 valence electrons. The van der Waals surface area contributed by atoms with Gasteiger partial charge in [-0.2, -0.15) is 27.1 Å². The van der Waals surface area contributed by atoms with Crippen LogP contribution in [0.5, 0.6) is 0 Å². The summed E-state index contributed by atoms with van der Waals surface area (Å²) in [7, 11) is -3.75. The summed E-state index contributed by atoms with van der Waals surface area (Å²) in [4.78, 5) is 2.15. The highest BCUT2D eigenvalue weighted by molar-refractivity contribution is 7.98. The fourth-order valence-electron chi connectivity index (χ4n) is 1.62. The van der Waals surface area contributed by atoms with E-state index in [0.29, 0.717) is 17.5 Å². The number of alkyl halides is 2. The van der Waals surface area contributed by atoms with Crippen molar-refractivity contribution in [1.82, 2.24) is 4.83 Å². The summed E-state index contributed by atoms with van der Waals surface area (Å²) in [6, 6.07) is 9.35. The molecular formula is C14H14F2N2O3S2. The molecule has 2 rings (SSSR count). The Morgan fingerprint density at radius 1 is 1.26 bits per heavy atom. The predicted octanol–water partition coefficient (Wildman–Crippen LogP) is 3.36. The van der Waals surface area contributed by atoms with E-state index in [9.17, 15) is 17.2 Å². The summed E-state index contributed by atoms with van der Waals surface area (Å²) in [5.41, 5.74) is 0.942. The number of halogens is 2. The molecule has 0 saturated heterocycles. The van der Waals surface area contributed by atoms with Crippen molar-refractivity contribution in [1.29, 1.82) is 0 Å². The number of hydrogen-bond acceptors (Lipinski definition) is 5. The van der Waals surface area contributed by atoms with Crippen molar-refractivity contribution in [3.05, 3.63) is 53.5 Å². The quantitative estimate of drug-likeness (QED) is 0.607. The summed E-state index contributed by atoms with van der Waals surface area (Å²) in [6.45, 7) is 1.85. The van der Waals surface area contributed by atoms with Gasteiger partial charge in [0, 0.05) is 0 Å². The number of thioether (sulfide) groups is 1. The van der Waals surface area contributed by atoms with Crippen LogP contribution in [-0.4, -0.2) is 20.4 Å². The average molecular weight is 360 g/mol. The van der Waals surface area contributed by atoms with Crippen molar-refractivity contribution in [3.63, 3.8) is 0 Å². The van der Waals surface area contributed by atoms with E-state index in [-0.39, 0.29) is 16.4 Å². The highest BCUT2D eigenvalue weighted by Gasteiger charge is 2.12. The van der Waals surface area contributed by atoms with Gasteiger partial charge < -0.3 is 4.42 Å². The highest BCUT2D eigenvalue weighted by Crippen LogP contribution is 2.20. The summed E-state index contributed by atoms with van der Waals surface area (Å²) < 4.78 is 53.3. The molecule has 1 heterocycles. The average Bonchev–Trinajstić information content (AvgIpc) is 2.93. The van der Waals surface area contributed by atoms with E-state index in [0.717, 1.165) is 5.56 Å². The largest absolute Gasteiger partial charge is 0.459 e. The summed E-state index contributed by atoms with van der Waals surface area (Å²) in [5.74, 6) is -1.82. The molecule has 0 spiro atoms. The lowest BCUT2D eigenvalue weighted by Gasteiger charge is -2.03. The monoisotopic (exact) mass is 360 g/mol. The maximum atomic E-state index is 12.1. The molecule has 0 atom stereocenters. The second-order valence-corrected chi connectivity index (χ2v) is 7.18. The van der Waals surface area contributed by atoms with Crippen molar-refractivity contribution in [2.45, 2.75) is 23.3 Å². The van der Waals surface area contributed by atoms with Gasteiger partial charge in [-0.15, -0.1) is 0 Å². The standard InChI is InChI=1S/C14H14F2N2O3S2/c1-10-2-6-13(7-3-10)23(19,20)18-17-8-11-4-5-12(21-11)9-22-14(15)16/h2-8,14,18H,9H2,1H3/b17-8-. The molecule has 0 bridgehead atoms. The zero-order valence-electron chi connectivity index (χ0n) is 12.1. The molecule has 0 fully saturated rings. The molecule has 0 saturated carbocycles. The Bertz CT molecular complexity index is 772. The molecule has 23 heavy (non-hydrogen) atoms. The second-order valence-electron chi connectivity index (χ2n) is 4.54. The molecule has 5 nitrogen and oxygen atoms in total. The van der Waals surface area contributed by atoms with Crippen LogP contribution in [0.2, 0.25) is 0 Å². The third-order valence-electron chi connectivity index (χ3n) is 2.73.